The summed E-state index contributed by atoms with van der Waals surface area (Å²) in [7, 11) is -3.35. The third kappa shape index (κ3) is 2.30. The van der Waals surface area contributed by atoms with Crippen LogP contribution in [-0.4, -0.2) is 31.0 Å². The first kappa shape index (κ1) is 12.4. The largest absolute Gasteiger partial charge is 0.481 e. The molecule has 1 fully saturated rings. The molecule has 1 aliphatic rings. The first-order valence-corrected chi connectivity index (χ1v) is 7.33. The Labute approximate surface area is 104 Å². The Kier molecular flexibility index (Phi) is 2.91. The van der Waals surface area contributed by atoms with Crippen LogP contribution in [0.5, 0.6) is 0 Å². The van der Waals surface area contributed by atoms with Crippen LogP contribution in [0.25, 0.3) is 0 Å². The highest BCUT2D eigenvalue weighted by molar-refractivity contribution is 7.91. The molecular weight excluding hydrogens is 264 g/mol. The molecule has 1 aromatic carbocycles. The lowest BCUT2D eigenvalue weighted by atomic mass is 10.1. The molecule has 0 bridgehead atoms. The number of hydrogen-bond donors (Lipinski definition) is 1. The highest BCUT2D eigenvalue weighted by atomic mass is 35.5. The molecule has 1 saturated carbocycles. The number of hydrogen-bond acceptors (Lipinski definition) is 3. The third-order valence-corrected chi connectivity index (χ3v) is 4.82. The fourth-order valence-electron chi connectivity index (χ4n) is 2.19. The normalized spacial score (nSPS) is 27.8. The van der Waals surface area contributed by atoms with Crippen LogP contribution < -0.4 is 0 Å². The molecule has 4 nitrogen and oxygen atoms in total. The molecule has 0 amide bonds. The van der Waals surface area contributed by atoms with Crippen LogP contribution in [0.3, 0.4) is 0 Å². The molecule has 0 unspecified atom stereocenters. The number of sulfone groups is 1. The number of carboxylic acids is 1. The van der Waals surface area contributed by atoms with E-state index >= 15 is 0 Å². The van der Waals surface area contributed by atoms with Gasteiger partial charge in [-0.3, -0.25) is 4.79 Å². The van der Waals surface area contributed by atoms with Crippen molar-refractivity contribution in [1.82, 2.24) is 0 Å². The molecule has 0 heterocycles. The summed E-state index contributed by atoms with van der Waals surface area (Å²) in [6.45, 7) is 0. The summed E-state index contributed by atoms with van der Waals surface area (Å²) in [6, 6.07) is 6.61. The van der Waals surface area contributed by atoms with Gasteiger partial charge in [0, 0.05) is 17.2 Å². The van der Waals surface area contributed by atoms with Crippen LogP contribution in [0.1, 0.15) is 11.5 Å². The minimum atomic E-state index is -3.35. The zero-order valence-corrected chi connectivity index (χ0v) is 10.6. The third-order valence-electron chi connectivity index (χ3n) is 2.99. The fourth-order valence-corrected chi connectivity index (χ4v) is 3.90. The summed E-state index contributed by atoms with van der Waals surface area (Å²) >= 11 is 5.73. The summed E-state index contributed by atoms with van der Waals surface area (Å²) in [5, 5.41) is 8.70. The van der Waals surface area contributed by atoms with E-state index in [0.29, 0.717) is 10.6 Å². The average Bonchev–Trinajstić information content (AvgIpc) is 2.93. The zero-order chi connectivity index (χ0) is 12.8. The van der Waals surface area contributed by atoms with Gasteiger partial charge in [0.2, 0.25) is 0 Å². The summed E-state index contributed by atoms with van der Waals surface area (Å²) in [5.41, 5.74) is 0.706. The predicted molar refractivity (Wildman–Crippen MR) is 64.0 cm³/mol. The summed E-state index contributed by atoms with van der Waals surface area (Å²) in [5.74, 6) is -2.37. The lowest BCUT2D eigenvalue weighted by Crippen LogP contribution is -2.10. The topological polar surface area (TPSA) is 71.4 Å². The van der Waals surface area contributed by atoms with Crippen molar-refractivity contribution in [3.63, 3.8) is 0 Å². The highest BCUT2D eigenvalue weighted by Crippen LogP contribution is 2.52. The van der Waals surface area contributed by atoms with E-state index in [1.807, 2.05) is 0 Å². The van der Waals surface area contributed by atoms with E-state index in [-0.39, 0.29) is 0 Å². The Bertz CT molecular complexity index is 549. The average molecular weight is 275 g/mol. The van der Waals surface area contributed by atoms with E-state index in [1.54, 1.807) is 24.3 Å². The van der Waals surface area contributed by atoms with Crippen molar-refractivity contribution in [2.24, 2.45) is 5.92 Å². The smallest absolute Gasteiger partial charge is 0.308 e. The van der Waals surface area contributed by atoms with Crippen molar-refractivity contribution in [1.29, 1.82) is 0 Å². The number of carbonyl (C=O) groups is 1. The van der Waals surface area contributed by atoms with Crippen LogP contribution in [0.15, 0.2) is 24.3 Å². The Morgan fingerprint density at radius 2 is 1.82 bits per heavy atom. The Balaban J connectivity index is 2.34. The molecule has 92 valence electrons. The molecule has 0 aliphatic heterocycles. The van der Waals surface area contributed by atoms with E-state index in [0.717, 1.165) is 6.26 Å². The first-order valence-electron chi connectivity index (χ1n) is 4.99. The summed E-state index contributed by atoms with van der Waals surface area (Å²) in [6.07, 6.45) is 1.07. The van der Waals surface area contributed by atoms with Crippen molar-refractivity contribution in [2.45, 2.75) is 11.2 Å². The summed E-state index contributed by atoms with van der Waals surface area (Å²) < 4.78 is 22.9. The predicted octanol–water partition coefficient (Wildman–Crippen LogP) is 1.55. The van der Waals surface area contributed by atoms with Crippen LogP contribution in [0.2, 0.25) is 5.02 Å². The van der Waals surface area contributed by atoms with Crippen molar-refractivity contribution in [3.05, 3.63) is 34.9 Å². The quantitative estimate of drug-likeness (QED) is 0.908. The number of benzene rings is 1. The number of halogens is 1. The minimum absolute atomic E-state index is 0.459. The van der Waals surface area contributed by atoms with Gasteiger partial charge in [-0.15, -0.1) is 0 Å². The molecule has 6 heteroatoms. The fraction of sp³-hybridized carbons (Fsp3) is 0.364. The van der Waals surface area contributed by atoms with Gasteiger partial charge in [-0.25, -0.2) is 8.42 Å². The second-order valence-electron chi connectivity index (χ2n) is 4.24. The minimum Gasteiger partial charge on any atom is -0.481 e. The zero-order valence-electron chi connectivity index (χ0n) is 9.00. The SMILES string of the molecule is CS(=O)(=O)[C@@H]1[C@H](C(=O)O)[C@@H]1c1ccc(Cl)cc1. The lowest BCUT2D eigenvalue weighted by molar-refractivity contribution is -0.138. The van der Waals surface area contributed by atoms with Gasteiger partial charge in [0.05, 0.1) is 11.2 Å². The number of rotatable bonds is 3. The Hall–Kier alpha value is -1.07. The molecule has 0 aromatic heterocycles. The highest BCUT2D eigenvalue weighted by Gasteiger charge is 2.61. The van der Waals surface area contributed by atoms with Crippen LogP contribution in [0.4, 0.5) is 0 Å². The molecule has 0 radical (unpaired) electrons. The lowest BCUT2D eigenvalue weighted by Gasteiger charge is -1.99. The molecule has 0 spiro atoms. The first-order chi connectivity index (χ1) is 7.82. The molecule has 3 atom stereocenters. The maximum Gasteiger partial charge on any atom is 0.308 e. The van der Waals surface area contributed by atoms with Gasteiger partial charge in [-0.2, -0.15) is 0 Å². The van der Waals surface area contributed by atoms with E-state index in [4.69, 9.17) is 16.7 Å². The van der Waals surface area contributed by atoms with E-state index < -0.39 is 32.9 Å². The van der Waals surface area contributed by atoms with Crippen molar-refractivity contribution >= 4 is 27.4 Å². The van der Waals surface area contributed by atoms with Crippen molar-refractivity contribution < 1.29 is 18.3 Å². The molecule has 17 heavy (non-hydrogen) atoms. The van der Waals surface area contributed by atoms with Crippen LogP contribution in [-0.2, 0) is 14.6 Å². The maximum atomic E-state index is 11.5. The van der Waals surface area contributed by atoms with Gasteiger partial charge in [0.1, 0.15) is 0 Å². The van der Waals surface area contributed by atoms with Gasteiger partial charge in [0.15, 0.2) is 9.84 Å². The molecule has 2 rings (SSSR count). The second-order valence-corrected chi connectivity index (χ2v) is 6.88. The molecule has 1 N–H and O–H groups in total. The van der Waals surface area contributed by atoms with Crippen LogP contribution >= 0.6 is 11.6 Å². The molecular formula is C11H11ClO4S. The van der Waals surface area contributed by atoms with Crippen molar-refractivity contribution in [3.8, 4) is 0 Å². The van der Waals surface area contributed by atoms with Gasteiger partial charge >= 0.3 is 5.97 Å². The second kappa shape index (κ2) is 3.99. The van der Waals surface area contributed by atoms with Gasteiger partial charge in [0.25, 0.3) is 0 Å². The van der Waals surface area contributed by atoms with Crippen molar-refractivity contribution in [2.75, 3.05) is 6.26 Å². The van der Waals surface area contributed by atoms with E-state index in [1.165, 1.54) is 0 Å². The molecule has 1 aliphatic carbocycles. The van der Waals surface area contributed by atoms with E-state index in [9.17, 15) is 13.2 Å². The van der Waals surface area contributed by atoms with E-state index in [2.05, 4.69) is 0 Å². The Morgan fingerprint density at radius 3 is 2.18 bits per heavy atom. The van der Waals surface area contributed by atoms with Gasteiger partial charge < -0.3 is 5.11 Å². The number of aliphatic carboxylic acids is 1. The van der Waals surface area contributed by atoms with Gasteiger partial charge in [-0.05, 0) is 17.7 Å². The van der Waals surface area contributed by atoms with Gasteiger partial charge in [-0.1, -0.05) is 23.7 Å². The monoisotopic (exact) mass is 274 g/mol. The Morgan fingerprint density at radius 1 is 1.29 bits per heavy atom. The standard InChI is InChI=1S/C11H11ClO4S/c1-17(15,16)10-8(9(10)11(13)14)6-2-4-7(12)5-3-6/h2-5,8-10H,1H3,(H,13,14)/t8-,9+,10-/m0/s1. The molecule has 1 aromatic rings. The number of carboxylic acid groups (broad SMARTS) is 1. The van der Waals surface area contributed by atoms with Crippen LogP contribution in [0, 0.1) is 5.92 Å². The summed E-state index contributed by atoms with van der Waals surface area (Å²) in [4.78, 5) is 11.0. The maximum absolute atomic E-state index is 11.5. The molecule has 0 saturated heterocycles.